The van der Waals surface area contributed by atoms with E-state index in [1.165, 1.54) is 4.31 Å². The molecule has 0 atom stereocenters. The summed E-state index contributed by atoms with van der Waals surface area (Å²) in [6.45, 7) is 6.01. The maximum absolute atomic E-state index is 13.8. The van der Waals surface area contributed by atoms with E-state index in [0.29, 0.717) is 55.3 Å². The summed E-state index contributed by atoms with van der Waals surface area (Å²) in [5.74, 6) is 1.74. The van der Waals surface area contributed by atoms with Gasteiger partial charge in [0.2, 0.25) is 10.0 Å². The lowest BCUT2D eigenvalue weighted by molar-refractivity contribution is 0.341. The molecule has 0 unspecified atom stereocenters. The molecule has 2 aliphatic rings. The van der Waals surface area contributed by atoms with Gasteiger partial charge >= 0.3 is 0 Å². The number of anilines is 1. The minimum absolute atomic E-state index is 0.139. The Hall–Kier alpha value is -3.70. The number of para-hydroxylation sites is 1. The Morgan fingerprint density at radius 1 is 1.02 bits per heavy atom. The molecule has 3 heterocycles. The van der Waals surface area contributed by atoms with Gasteiger partial charge in [0.25, 0.3) is 5.56 Å². The highest BCUT2D eigenvalue weighted by atomic mass is 32.2. The quantitative estimate of drug-likeness (QED) is 0.363. The van der Waals surface area contributed by atoms with Crippen LogP contribution in [0.5, 0.6) is 5.75 Å². The fraction of sp³-hybridized carbons (Fsp3) is 0.414. The fourth-order valence-electron chi connectivity index (χ4n) is 5.87. The third-order valence-corrected chi connectivity index (χ3v) is 9.82. The predicted molar refractivity (Wildman–Crippen MR) is 154 cm³/mol. The second-order valence-corrected chi connectivity index (χ2v) is 12.4. The third kappa shape index (κ3) is 4.77. The molecule has 11 heteroatoms. The molecule has 40 heavy (non-hydrogen) atoms. The average Bonchev–Trinajstić information content (AvgIpc) is 3.62. The number of aromatic amines is 1. The van der Waals surface area contributed by atoms with Crippen LogP contribution < -0.4 is 15.2 Å². The number of hydrogen-bond acceptors (Lipinski definition) is 7. The van der Waals surface area contributed by atoms with E-state index < -0.39 is 10.0 Å². The number of rotatable bonds is 7. The lowest BCUT2D eigenvalue weighted by atomic mass is 10.1. The Morgan fingerprint density at radius 2 is 1.75 bits per heavy atom. The number of imidazole rings is 1. The Bertz CT molecular complexity index is 1690. The molecule has 210 valence electrons. The van der Waals surface area contributed by atoms with E-state index in [1.807, 2.05) is 44.2 Å². The van der Waals surface area contributed by atoms with Crippen LogP contribution in [-0.2, 0) is 10.0 Å². The maximum Gasteiger partial charge on any atom is 0.277 e. The van der Waals surface area contributed by atoms with Crippen LogP contribution in [0.4, 0.5) is 5.69 Å². The van der Waals surface area contributed by atoms with Crippen LogP contribution in [0.25, 0.3) is 16.9 Å². The van der Waals surface area contributed by atoms with Crippen molar-refractivity contribution in [3.63, 3.8) is 0 Å². The van der Waals surface area contributed by atoms with Crippen molar-refractivity contribution in [3.05, 3.63) is 70.4 Å². The summed E-state index contributed by atoms with van der Waals surface area (Å²) in [4.78, 5) is 23.2. The van der Waals surface area contributed by atoms with Gasteiger partial charge in [0, 0.05) is 37.8 Å². The first-order valence-electron chi connectivity index (χ1n) is 13.9. The Morgan fingerprint density at radius 3 is 2.45 bits per heavy atom. The molecular formula is C29H34N6O4S. The van der Waals surface area contributed by atoms with E-state index >= 15 is 0 Å². The molecule has 0 bridgehead atoms. The second kappa shape index (κ2) is 10.7. The first kappa shape index (κ1) is 26.5. The number of piperazine rings is 1. The van der Waals surface area contributed by atoms with Crippen molar-refractivity contribution in [1.29, 1.82) is 0 Å². The van der Waals surface area contributed by atoms with E-state index in [-0.39, 0.29) is 22.2 Å². The summed E-state index contributed by atoms with van der Waals surface area (Å²) in [5.41, 5.74) is 2.25. The summed E-state index contributed by atoms with van der Waals surface area (Å²) in [6, 6.07) is 14.8. The molecule has 0 amide bonds. The van der Waals surface area contributed by atoms with Gasteiger partial charge in [0.05, 0.1) is 22.8 Å². The first-order chi connectivity index (χ1) is 19.4. The molecule has 1 N–H and O–H groups in total. The molecule has 2 aromatic carbocycles. The number of nitrogens with one attached hydrogen (secondary N) is 1. The highest BCUT2D eigenvalue weighted by Crippen LogP contribution is 2.35. The summed E-state index contributed by atoms with van der Waals surface area (Å²) in [5, 5.41) is 4.80. The van der Waals surface area contributed by atoms with E-state index in [1.54, 1.807) is 22.7 Å². The molecule has 2 aromatic heterocycles. The second-order valence-electron chi connectivity index (χ2n) is 10.4. The van der Waals surface area contributed by atoms with Crippen LogP contribution in [0.15, 0.2) is 58.2 Å². The standard InChI is InChI=1S/C29H34N6O4S/c1-3-39-25-14-13-23(40(37,38)34-17-15-33(16-18-34)22-11-5-4-6-12-22)19-24(25)27-31-29(36)26-20(2)30-28(35(26)32-27)21-9-7-8-10-21/h4-6,11-14,19,21H,3,7-10,15-18H2,1-2H3,(H,31,32,36). The minimum Gasteiger partial charge on any atom is -0.493 e. The van der Waals surface area contributed by atoms with Gasteiger partial charge in [0.1, 0.15) is 11.6 Å². The number of aryl methyl sites for hydroxylation is 1. The van der Waals surface area contributed by atoms with Gasteiger partial charge in [-0.15, -0.1) is 5.10 Å². The molecule has 4 aromatic rings. The van der Waals surface area contributed by atoms with Gasteiger partial charge in [-0.05, 0) is 57.0 Å². The van der Waals surface area contributed by atoms with Crippen molar-refractivity contribution in [1.82, 2.24) is 23.9 Å². The predicted octanol–water partition coefficient (Wildman–Crippen LogP) is 3.96. The Kier molecular flexibility index (Phi) is 7.09. The number of nitrogens with zero attached hydrogens (tertiary/aromatic N) is 5. The van der Waals surface area contributed by atoms with Gasteiger partial charge in [-0.1, -0.05) is 31.0 Å². The van der Waals surface area contributed by atoms with Crippen molar-refractivity contribution in [2.45, 2.75) is 50.3 Å². The van der Waals surface area contributed by atoms with Gasteiger partial charge < -0.3 is 14.6 Å². The lowest BCUT2D eigenvalue weighted by Gasteiger charge is -2.35. The molecule has 0 radical (unpaired) electrons. The SMILES string of the molecule is CCOc1ccc(S(=O)(=O)N2CCN(c3ccccc3)CC2)cc1-c1nn2c(C3CCCC3)nc(C)c2c(=O)[nH]1. The number of hydrogen-bond donors (Lipinski definition) is 1. The molecule has 1 saturated carbocycles. The van der Waals surface area contributed by atoms with Crippen molar-refractivity contribution in [2.75, 3.05) is 37.7 Å². The monoisotopic (exact) mass is 562 g/mol. The van der Waals surface area contributed by atoms with Gasteiger partial charge in [-0.25, -0.2) is 17.9 Å². The van der Waals surface area contributed by atoms with Crippen LogP contribution in [0.3, 0.4) is 0 Å². The van der Waals surface area contributed by atoms with Crippen LogP contribution >= 0.6 is 0 Å². The highest BCUT2D eigenvalue weighted by molar-refractivity contribution is 7.89. The Labute approximate surface area is 233 Å². The Balaban J connectivity index is 1.36. The molecule has 1 aliphatic carbocycles. The zero-order chi connectivity index (χ0) is 27.9. The summed E-state index contributed by atoms with van der Waals surface area (Å²) in [6.07, 6.45) is 4.28. The van der Waals surface area contributed by atoms with Crippen LogP contribution in [-0.4, -0.2) is 65.1 Å². The number of benzene rings is 2. The number of fused-ring (bicyclic) bond motifs is 1. The highest BCUT2D eigenvalue weighted by Gasteiger charge is 2.30. The fourth-order valence-corrected chi connectivity index (χ4v) is 7.32. The lowest BCUT2D eigenvalue weighted by Crippen LogP contribution is -2.48. The number of aromatic nitrogens is 4. The normalized spacial score (nSPS) is 17.1. The number of ether oxygens (including phenoxy) is 1. The van der Waals surface area contributed by atoms with E-state index in [2.05, 4.69) is 9.88 Å². The molecule has 1 saturated heterocycles. The van der Waals surface area contributed by atoms with Crippen LogP contribution in [0, 0.1) is 6.92 Å². The average molecular weight is 563 g/mol. The smallest absolute Gasteiger partial charge is 0.277 e. The summed E-state index contributed by atoms with van der Waals surface area (Å²) >= 11 is 0. The molecule has 2 fully saturated rings. The first-order valence-corrected chi connectivity index (χ1v) is 15.4. The maximum atomic E-state index is 13.8. The van der Waals surface area contributed by atoms with Gasteiger partial charge in [0.15, 0.2) is 11.3 Å². The van der Waals surface area contributed by atoms with Gasteiger partial charge in [-0.2, -0.15) is 4.31 Å². The van der Waals surface area contributed by atoms with Crippen molar-refractivity contribution in [3.8, 4) is 17.1 Å². The molecule has 1 aliphatic heterocycles. The van der Waals surface area contributed by atoms with Crippen LogP contribution in [0.1, 0.15) is 50.0 Å². The van der Waals surface area contributed by atoms with E-state index in [4.69, 9.17) is 14.8 Å². The minimum atomic E-state index is -3.79. The third-order valence-electron chi connectivity index (χ3n) is 7.92. The summed E-state index contributed by atoms with van der Waals surface area (Å²) < 4.78 is 36.5. The zero-order valence-corrected chi connectivity index (χ0v) is 23.7. The zero-order valence-electron chi connectivity index (χ0n) is 22.8. The van der Waals surface area contributed by atoms with E-state index in [9.17, 15) is 13.2 Å². The summed E-state index contributed by atoms with van der Waals surface area (Å²) in [7, 11) is -3.79. The van der Waals surface area contributed by atoms with Crippen molar-refractivity contribution < 1.29 is 13.2 Å². The van der Waals surface area contributed by atoms with Gasteiger partial charge in [-0.3, -0.25) is 4.79 Å². The number of H-pyrrole nitrogens is 1. The molecule has 0 spiro atoms. The topological polar surface area (TPSA) is 113 Å². The van der Waals surface area contributed by atoms with Crippen LogP contribution in [0.2, 0.25) is 0 Å². The van der Waals surface area contributed by atoms with Crippen molar-refractivity contribution >= 4 is 21.2 Å². The number of sulfonamides is 1. The van der Waals surface area contributed by atoms with E-state index in [0.717, 1.165) is 37.2 Å². The molecule has 10 nitrogen and oxygen atoms in total. The molecule has 6 rings (SSSR count). The van der Waals surface area contributed by atoms with Crippen molar-refractivity contribution in [2.24, 2.45) is 0 Å². The molecular weight excluding hydrogens is 528 g/mol. The largest absolute Gasteiger partial charge is 0.493 e.